The van der Waals surface area contributed by atoms with Crippen molar-refractivity contribution in [2.24, 2.45) is 0 Å². The van der Waals surface area contributed by atoms with Crippen LogP contribution in [0.5, 0.6) is 0 Å². The van der Waals surface area contributed by atoms with Crippen molar-refractivity contribution in [1.29, 1.82) is 0 Å². The molecule has 0 amide bonds. The molecular weight excluding hydrogens is 286 g/mol. The van der Waals surface area contributed by atoms with E-state index < -0.39 is 24.5 Å². The smallest absolute Gasteiger partial charge is 0.167 e. The lowest BCUT2D eigenvalue weighted by molar-refractivity contribution is -0.0230. The second-order valence-electron chi connectivity index (χ2n) is 5.56. The van der Waals surface area contributed by atoms with Crippen LogP contribution >= 0.6 is 0 Å². The van der Waals surface area contributed by atoms with E-state index in [0.29, 0.717) is 23.0 Å². The van der Waals surface area contributed by atoms with Gasteiger partial charge < -0.3 is 20.3 Å². The van der Waals surface area contributed by atoms with Crippen LogP contribution in [-0.4, -0.2) is 54.1 Å². The first-order valence-electron chi connectivity index (χ1n) is 7.11. The second-order valence-corrected chi connectivity index (χ2v) is 5.56. The Bertz CT molecular complexity index is 751. The van der Waals surface area contributed by atoms with Crippen LogP contribution < -0.4 is 5.32 Å². The van der Waals surface area contributed by atoms with Gasteiger partial charge in [-0.05, 0) is 12.8 Å². The van der Waals surface area contributed by atoms with Gasteiger partial charge >= 0.3 is 0 Å². The van der Waals surface area contributed by atoms with Gasteiger partial charge in [-0.2, -0.15) is 0 Å². The van der Waals surface area contributed by atoms with Crippen molar-refractivity contribution < 1.29 is 14.9 Å². The largest absolute Gasteiger partial charge is 0.386 e. The van der Waals surface area contributed by atoms with E-state index in [0.717, 1.165) is 12.8 Å². The standard InChI is InChI=1S/C14H15N5O3/c1-2-8-10(20)11(21)14(22-8)19-6-17-9-12(18-7-3-4-7)15-5-16-13(9)19/h1,5-8,10-11,14,20-21H,3-4H2,(H,15,16,18). The Balaban J connectivity index is 1.72. The first kappa shape index (κ1) is 13.5. The number of hydrogen-bond donors (Lipinski definition) is 3. The van der Waals surface area contributed by atoms with E-state index in [4.69, 9.17) is 11.2 Å². The lowest BCUT2D eigenvalue weighted by Crippen LogP contribution is -2.30. The van der Waals surface area contributed by atoms with Gasteiger partial charge in [-0.3, -0.25) is 4.57 Å². The van der Waals surface area contributed by atoms with E-state index in [1.807, 2.05) is 0 Å². The summed E-state index contributed by atoms with van der Waals surface area (Å²) in [4.78, 5) is 12.7. The van der Waals surface area contributed by atoms with Gasteiger partial charge in [0.25, 0.3) is 0 Å². The number of hydrogen-bond acceptors (Lipinski definition) is 7. The zero-order valence-electron chi connectivity index (χ0n) is 11.6. The van der Waals surface area contributed by atoms with Gasteiger partial charge in [0.05, 0.1) is 6.33 Å². The molecule has 0 aromatic carbocycles. The molecule has 0 spiro atoms. The molecule has 1 aliphatic heterocycles. The van der Waals surface area contributed by atoms with Gasteiger partial charge in [0.15, 0.2) is 23.2 Å². The number of nitrogens with one attached hydrogen (secondary N) is 1. The highest BCUT2D eigenvalue weighted by molar-refractivity contribution is 5.83. The first-order chi connectivity index (χ1) is 10.7. The predicted molar refractivity (Wildman–Crippen MR) is 76.7 cm³/mol. The highest BCUT2D eigenvalue weighted by Crippen LogP contribution is 2.32. The summed E-state index contributed by atoms with van der Waals surface area (Å²) in [5, 5.41) is 23.3. The molecule has 8 heteroatoms. The van der Waals surface area contributed by atoms with E-state index in [1.165, 1.54) is 12.7 Å². The van der Waals surface area contributed by atoms with Gasteiger partial charge in [-0.15, -0.1) is 6.42 Å². The summed E-state index contributed by atoms with van der Waals surface area (Å²) in [6.07, 6.45) is 6.50. The number of nitrogens with zero attached hydrogens (tertiary/aromatic N) is 4. The fraction of sp³-hybridized carbons (Fsp3) is 0.500. The molecular formula is C14H15N5O3. The highest BCUT2D eigenvalue weighted by Gasteiger charge is 2.43. The summed E-state index contributed by atoms with van der Waals surface area (Å²) in [5.41, 5.74) is 1.12. The van der Waals surface area contributed by atoms with E-state index in [9.17, 15) is 10.2 Å². The van der Waals surface area contributed by atoms with Crippen LogP contribution in [-0.2, 0) is 4.74 Å². The fourth-order valence-electron chi connectivity index (χ4n) is 2.59. The average molecular weight is 301 g/mol. The summed E-state index contributed by atoms with van der Waals surface area (Å²) < 4.78 is 7.10. The van der Waals surface area contributed by atoms with Crippen LogP contribution in [0.4, 0.5) is 5.82 Å². The average Bonchev–Trinajstić information content (AvgIpc) is 3.16. The van der Waals surface area contributed by atoms with Crippen LogP contribution in [0.3, 0.4) is 0 Å². The maximum atomic E-state index is 10.1. The Morgan fingerprint density at radius 2 is 2.09 bits per heavy atom. The number of aromatic nitrogens is 4. The summed E-state index contributed by atoms with van der Waals surface area (Å²) in [5.74, 6) is 2.98. The number of fused-ring (bicyclic) bond motifs is 1. The van der Waals surface area contributed by atoms with Crippen molar-refractivity contribution in [3.05, 3.63) is 12.7 Å². The van der Waals surface area contributed by atoms with Gasteiger partial charge in [-0.25, -0.2) is 15.0 Å². The van der Waals surface area contributed by atoms with Gasteiger partial charge in [0, 0.05) is 6.04 Å². The Morgan fingerprint density at radius 3 is 2.77 bits per heavy atom. The third-order valence-electron chi connectivity index (χ3n) is 3.95. The minimum absolute atomic E-state index is 0.434. The maximum absolute atomic E-state index is 10.1. The second kappa shape index (κ2) is 4.91. The third kappa shape index (κ3) is 2.02. The van der Waals surface area contributed by atoms with Crippen LogP contribution in [0.2, 0.25) is 0 Å². The molecule has 3 N–H and O–H groups in total. The van der Waals surface area contributed by atoms with E-state index in [2.05, 4.69) is 26.2 Å². The van der Waals surface area contributed by atoms with Crippen LogP contribution in [0, 0.1) is 12.3 Å². The summed E-state index contributed by atoms with van der Waals surface area (Å²) in [6.45, 7) is 0. The molecule has 114 valence electrons. The molecule has 4 atom stereocenters. The topological polar surface area (TPSA) is 105 Å². The van der Waals surface area contributed by atoms with E-state index in [1.54, 1.807) is 4.57 Å². The number of rotatable bonds is 3. The molecule has 2 aromatic rings. The number of imidazole rings is 1. The van der Waals surface area contributed by atoms with Crippen molar-refractivity contribution in [3.8, 4) is 12.3 Å². The molecule has 8 nitrogen and oxygen atoms in total. The summed E-state index contributed by atoms with van der Waals surface area (Å²) in [6, 6.07) is 0.434. The van der Waals surface area contributed by atoms with E-state index >= 15 is 0 Å². The van der Waals surface area contributed by atoms with Crippen LogP contribution in [0.1, 0.15) is 19.1 Å². The minimum Gasteiger partial charge on any atom is -0.386 e. The zero-order chi connectivity index (χ0) is 15.3. The molecule has 4 rings (SSSR count). The van der Waals surface area contributed by atoms with Gasteiger partial charge in [0.2, 0.25) is 0 Å². The minimum atomic E-state index is -1.15. The molecule has 1 saturated heterocycles. The Hall–Kier alpha value is -2.21. The molecule has 1 aliphatic carbocycles. The maximum Gasteiger partial charge on any atom is 0.167 e. The number of terminal acetylenes is 1. The fourth-order valence-corrected chi connectivity index (χ4v) is 2.59. The molecule has 2 fully saturated rings. The first-order valence-corrected chi connectivity index (χ1v) is 7.11. The van der Waals surface area contributed by atoms with Crippen molar-refractivity contribution in [2.75, 3.05) is 5.32 Å². The van der Waals surface area contributed by atoms with Crippen molar-refractivity contribution >= 4 is 17.0 Å². The predicted octanol–water partition coefficient (Wildman–Crippen LogP) is -0.347. The number of ether oxygens (including phenoxy) is 1. The molecule has 22 heavy (non-hydrogen) atoms. The number of aliphatic hydroxyl groups is 2. The quantitative estimate of drug-likeness (QED) is 0.666. The van der Waals surface area contributed by atoms with Crippen molar-refractivity contribution in [1.82, 2.24) is 19.5 Å². The Kier molecular flexibility index (Phi) is 3.00. The Labute approximate surface area is 126 Å². The normalized spacial score (nSPS) is 31.3. The lowest BCUT2D eigenvalue weighted by Gasteiger charge is -2.16. The van der Waals surface area contributed by atoms with Crippen LogP contribution in [0.15, 0.2) is 12.7 Å². The SMILES string of the molecule is C#CC1OC(n2cnc3c(NC4CC4)ncnc32)C(O)C1O. The van der Waals surface area contributed by atoms with Crippen molar-refractivity contribution in [3.63, 3.8) is 0 Å². The summed E-state index contributed by atoms with van der Waals surface area (Å²) >= 11 is 0. The highest BCUT2D eigenvalue weighted by atomic mass is 16.6. The lowest BCUT2D eigenvalue weighted by atomic mass is 10.1. The molecule has 2 aromatic heterocycles. The zero-order valence-corrected chi connectivity index (χ0v) is 11.6. The molecule has 4 unspecified atom stereocenters. The molecule has 0 bridgehead atoms. The van der Waals surface area contributed by atoms with Crippen LogP contribution in [0.25, 0.3) is 11.2 Å². The van der Waals surface area contributed by atoms with Gasteiger partial charge in [-0.1, -0.05) is 5.92 Å². The molecule has 1 saturated carbocycles. The molecule has 0 radical (unpaired) electrons. The molecule has 2 aliphatic rings. The summed E-state index contributed by atoms with van der Waals surface area (Å²) in [7, 11) is 0. The monoisotopic (exact) mass is 301 g/mol. The molecule has 3 heterocycles. The number of aliphatic hydroxyl groups excluding tert-OH is 2. The van der Waals surface area contributed by atoms with Gasteiger partial charge in [0.1, 0.15) is 24.6 Å². The number of anilines is 1. The van der Waals surface area contributed by atoms with Crippen molar-refractivity contribution in [2.45, 2.75) is 43.4 Å². The Morgan fingerprint density at radius 1 is 1.27 bits per heavy atom. The third-order valence-corrected chi connectivity index (χ3v) is 3.95. The van der Waals surface area contributed by atoms with E-state index in [-0.39, 0.29) is 0 Å².